The van der Waals surface area contributed by atoms with Crippen molar-refractivity contribution in [2.75, 3.05) is 31.7 Å². The summed E-state index contributed by atoms with van der Waals surface area (Å²) in [5.41, 5.74) is 4.36. The molecular weight excluding hydrogens is 624 g/mol. The molecule has 1 amide bonds. The Balaban J connectivity index is 1.32. The van der Waals surface area contributed by atoms with Crippen LogP contribution in [0.3, 0.4) is 0 Å². The van der Waals surface area contributed by atoms with Gasteiger partial charge in [-0.15, -0.1) is 0 Å². The fourth-order valence-electron chi connectivity index (χ4n) is 7.84. The van der Waals surface area contributed by atoms with Crippen molar-refractivity contribution >= 4 is 33.2 Å². The number of hydrogen-bond acceptors (Lipinski definition) is 7. The van der Waals surface area contributed by atoms with Crippen LogP contribution in [0.2, 0.25) is 5.02 Å². The summed E-state index contributed by atoms with van der Waals surface area (Å²) in [6, 6.07) is 12.9. The summed E-state index contributed by atoms with van der Waals surface area (Å²) in [6.07, 6.45) is 9.21. The predicted molar refractivity (Wildman–Crippen MR) is 177 cm³/mol. The molecule has 9 nitrogen and oxygen atoms in total. The number of amides is 1. The first-order valence-electron chi connectivity index (χ1n) is 16.2. The lowest BCUT2D eigenvalue weighted by atomic mass is 9.68. The molecule has 2 aliphatic heterocycles. The van der Waals surface area contributed by atoms with Gasteiger partial charge in [-0.1, -0.05) is 29.8 Å². The van der Waals surface area contributed by atoms with E-state index in [0.717, 1.165) is 55.1 Å². The third-order valence-electron chi connectivity index (χ3n) is 10.6. The van der Waals surface area contributed by atoms with Crippen LogP contribution in [0.15, 0.2) is 59.5 Å². The van der Waals surface area contributed by atoms with Crippen LogP contribution in [0.5, 0.6) is 5.75 Å². The Hall–Kier alpha value is -3.34. The van der Waals surface area contributed by atoms with Crippen LogP contribution in [0.4, 0.5) is 5.69 Å². The minimum absolute atomic E-state index is 0.0258. The zero-order chi connectivity index (χ0) is 32.2. The number of hydrogen-bond donors (Lipinski definition) is 1. The van der Waals surface area contributed by atoms with Gasteiger partial charge in [-0.2, -0.15) is 5.10 Å². The molecule has 7 rings (SSSR count). The van der Waals surface area contributed by atoms with Crippen LogP contribution in [0.1, 0.15) is 61.0 Å². The van der Waals surface area contributed by atoms with Crippen molar-refractivity contribution < 1.29 is 22.7 Å². The van der Waals surface area contributed by atoms with Gasteiger partial charge >= 0.3 is 0 Å². The number of methoxy groups -OCH3 is 1. The van der Waals surface area contributed by atoms with Gasteiger partial charge in [-0.3, -0.25) is 9.48 Å². The summed E-state index contributed by atoms with van der Waals surface area (Å²) in [4.78, 5) is 15.6. The fraction of sp³-hybridized carbons (Fsp3) is 0.486. The van der Waals surface area contributed by atoms with Gasteiger partial charge in [0, 0.05) is 36.3 Å². The van der Waals surface area contributed by atoms with Crippen molar-refractivity contribution in [2.24, 2.45) is 11.8 Å². The SMILES string of the molecule is CO[C@H]1/C=C/Cn2nc(cc2C)C(C)C(=O)NS(=O)(=O)c2ccc3c(c2)N(C[C@@H]2CC[C@H]21)C[C@@]1(CCCc2cc(Cl)ccc21)CO3. The van der Waals surface area contributed by atoms with Crippen molar-refractivity contribution in [1.29, 1.82) is 0 Å². The quantitative estimate of drug-likeness (QED) is 0.341. The fourth-order valence-corrected chi connectivity index (χ4v) is 9.10. The summed E-state index contributed by atoms with van der Waals surface area (Å²) >= 11 is 6.43. The molecule has 11 heteroatoms. The molecule has 4 aliphatic rings. The first-order chi connectivity index (χ1) is 22.1. The van der Waals surface area contributed by atoms with Crippen LogP contribution in [0.25, 0.3) is 0 Å². The van der Waals surface area contributed by atoms with E-state index in [1.165, 1.54) is 17.2 Å². The number of aryl methyl sites for hydroxylation is 2. The molecule has 0 radical (unpaired) electrons. The predicted octanol–water partition coefficient (Wildman–Crippen LogP) is 5.54. The highest BCUT2D eigenvalue weighted by Gasteiger charge is 2.44. The maximum Gasteiger partial charge on any atom is 0.264 e. The van der Waals surface area contributed by atoms with Crippen LogP contribution in [-0.4, -0.2) is 57.0 Å². The van der Waals surface area contributed by atoms with E-state index in [4.69, 9.17) is 21.1 Å². The van der Waals surface area contributed by atoms with Crippen molar-refractivity contribution in [1.82, 2.24) is 14.5 Å². The van der Waals surface area contributed by atoms with E-state index in [9.17, 15) is 13.2 Å². The third-order valence-corrected chi connectivity index (χ3v) is 12.2. The first-order valence-corrected chi connectivity index (χ1v) is 18.0. The van der Waals surface area contributed by atoms with Crippen molar-refractivity contribution in [3.63, 3.8) is 0 Å². The highest BCUT2D eigenvalue weighted by atomic mass is 35.5. The molecule has 1 aromatic heterocycles. The standard InChI is InChI=1S/C35H41ClN4O5S/c1-22-16-30-23(2)34(41)38-46(42,43)27-10-13-33-31(18-27)39(19-25-8-11-28(25)32(44-3)7-5-15-40(22)37-30)20-35(21-45-33)14-4-6-24-17-26(36)9-12-29(24)35/h5,7,9-10,12-13,16-18,23,25,28,32H,4,6,8,11,14-15,19-21H2,1-3H3,(H,38,41)/b7-5+/t23?,25-,28+,32-,35-/m0/s1. The van der Waals surface area contributed by atoms with Crippen LogP contribution < -0.4 is 14.4 Å². The van der Waals surface area contributed by atoms with E-state index in [1.807, 2.05) is 23.7 Å². The Morgan fingerprint density at radius 2 is 2.00 bits per heavy atom. The summed E-state index contributed by atoms with van der Waals surface area (Å²) < 4.78 is 44.2. The average Bonchev–Trinajstić information content (AvgIpc) is 3.31. The van der Waals surface area contributed by atoms with Crippen molar-refractivity contribution in [3.8, 4) is 5.75 Å². The molecule has 1 N–H and O–H groups in total. The second kappa shape index (κ2) is 12.0. The number of rotatable bonds is 1. The molecule has 1 spiro atoms. The Kier molecular flexibility index (Phi) is 8.18. The molecule has 5 atom stereocenters. The highest BCUT2D eigenvalue weighted by molar-refractivity contribution is 7.90. The third kappa shape index (κ3) is 5.62. The molecular formula is C35H41ClN4O5S. The van der Waals surface area contributed by atoms with E-state index < -0.39 is 21.8 Å². The number of carbonyl (C=O) groups excluding carboxylic acids is 1. The van der Waals surface area contributed by atoms with Crippen LogP contribution >= 0.6 is 11.6 Å². The molecule has 3 aromatic rings. The number of anilines is 1. The Labute approximate surface area is 276 Å². The largest absolute Gasteiger partial charge is 0.490 e. The topological polar surface area (TPSA) is 103 Å². The molecule has 1 fully saturated rings. The number of carbonyl (C=O) groups is 1. The number of nitrogens with zero attached hydrogens (tertiary/aromatic N) is 3. The van der Waals surface area contributed by atoms with Gasteiger partial charge in [0.1, 0.15) is 5.75 Å². The van der Waals surface area contributed by atoms with Gasteiger partial charge in [0.05, 0.1) is 41.5 Å². The van der Waals surface area contributed by atoms with E-state index in [0.29, 0.717) is 43.0 Å². The summed E-state index contributed by atoms with van der Waals surface area (Å²) in [6.45, 7) is 6.02. The molecule has 1 saturated carbocycles. The Bertz CT molecular complexity index is 1810. The second-order valence-corrected chi connectivity index (χ2v) is 15.6. The average molecular weight is 665 g/mol. The maximum absolute atomic E-state index is 13.7. The molecule has 0 saturated heterocycles. The molecule has 46 heavy (non-hydrogen) atoms. The molecule has 244 valence electrons. The van der Waals surface area contributed by atoms with Gasteiger partial charge in [0.15, 0.2) is 0 Å². The number of fused-ring (bicyclic) bond motifs is 6. The number of benzene rings is 2. The van der Waals surface area contributed by atoms with Crippen molar-refractivity contribution in [3.05, 3.63) is 82.2 Å². The molecule has 2 aliphatic carbocycles. The number of ether oxygens (including phenoxy) is 2. The van der Waals surface area contributed by atoms with Crippen molar-refractivity contribution in [2.45, 2.75) is 74.8 Å². The van der Waals surface area contributed by atoms with Gasteiger partial charge in [0.2, 0.25) is 5.91 Å². The van der Waals surface area contributed by atoms with Gasteiger partial charge in [-0.25, -0.2) is 13.1 Å². The number of allylic oxidation sites excluding steroid dienone is 1. The lowest BCUT2D eigenvalue weighted by molar-refractivity contribution is -0.120. The zero-order valence-corrected chi connectivity index (χ0v) is 28.1. The number of aromatic nitrogens is 2. The lowest BCUT2D eigenvalue weighted by Gasteiger charge is -2.46. The van der Waals surface area contributed by atoms with Crippen LogP contribution in [0, 0.1) is 18.8 Å². The minimum atomic E-state index is -4.18. The number of nitrogens with one attached hydrogen (secondary N) is 1. The Morgan fingerprint density at radius 3 is 2.78 bits per heavy atom. The monoisotopic (exact) mass is 664 g/mol. The van der Waals surface area contributed by atoms with E-state index >= 15 is 0 Å². The summed E-state index contributed by atoms with van der Waals surface area (Å²) in [5.74, 6) is -0.0886. The normalized spacial score (nSPS) is 29.6. The first kappa shape index (κ1) is 31.3. The maximum atomic E-state index is 13.7. The molecule has 3 heterocycles. The van der Waals surface area contributed by atoms with E-state index in [-0.39, 0.29) is 16.4 Å². The summed E-state index contributed by atoms with van der Waals surface area (Å²) in [7, 11) is -2.41. The lowest BCUT2D eigenvalue weighted by Crippen LogP contribution is -2.49. The highest BCUT2D eigenvalue weighted by Crippen LogP contribution is 2.47. The number of halogens is 1. The zero-order valence-electron chi connectivity index (χ0n) is 26.5. The van der Waals surface area contributed by atoms with E-state index in [2.05, 4.69) is 39.0 Å². The molecule has 2 aromatic carbocycles. The number of sulfonamides is 1. The van der Waals surface area contributed by atoms with Crippen LogP contribution in [-0.2, 0) is 37.9 Å². The second-order valence-electron chi connectivity index (χ2n) is 13.4. The minimum Gasteiger partial charge on any atom is -0.490 e. The summed E-state index contributed by atoms with van der Waals surface area (Å²) in [5, 5.41) is 5.36. The van der Waals surface area contributed by atoms with E-state index in [1.54, 1.807) is 26.2 Å². The molecule has 4 bridgehead atoms. The molecule has 1 unspecified atom stereocenters. The Morgan fingerprint density at radius 1 is 1.15 bits per heavy atom. The smallest absolute Gasteiger partial charge is 0.264 e. The van der Waals surface area contributed by atoms with Gasteiger partial charge < -0.3 is 14.4 Å². The van der Waals surface area contributed by atoms with Gasteiger partial charge in [0.25, 0.3) is 10.0 Å². The van der Waals surface area contributed by atoms with Gasteiger partial charge in [-0.05, 0) is 105 Å².